The number of nitrogens with zero attached hydrogens (tertiary/aromatic N) is 3. The van der Waals surface area contributed by atoms with Gasteiger partial charge >= 0.3 is 5.69 Å². The molecule has 0 N–H and O–H groups in total. The number of amides is 1. The van der Waals surface area contributed by atoms with Gasteiger partial charge in [0.25, 0.3) is 5.56 Å². The quantitative estimate of drug-likeness (QED) is 0.669. The summed E-state index contributed by atoms with van der Waals surface area (Å²) in [4.78, 5) is 40.0. The number of para-hydroxylation sites is 1. The molecule has 0 unspecified atom stereocenters. The van der Waals surface area contributed by atoms with Crippen LogP contribution in [0.15, 0.2) is 51.4 Å². The maximum atomic E-state index is 13.0. The first-order chi connectivity index (χ1) is 12.5. The second kappa shape index (κ2) is 7.70. The fourth-order valence-electron chi connectivity index (χ4n) is 2.82. The summed E-state index contributed by atoms with van der Waals surface area (Å²) in [6, 6.07) is 10.5. The van der Waals surface area contributed by atoms with Crippen LogP contribution in [0.25, 0.3) is 15.9 Å². The topological polar surface area (TPSA) is 64.3 Å². The Hall–Kier alpha value is -2.67. The van der Waals surface area contributed by atoms with Crippen molar-refractivity contribution in [2.75, 3.05) is 13.6 Å². The van der Waals surface area contributed by atoms with E-state index in [-0.39, 0.29) is 18.0 Å². The van der Waals surface area contributed by atoms with Crippen molar-refractivity contribution in [2.45, 2.75) is 26.3 Å². The Morgan fingerprint density at radius 2 is 1.88 bits per heavy atom. The van der Waals surface area contributed by atoms with E-state index in [9.17, 15) is 14.4 Å². The Balaban J connectivity index is 2.11. The number of likely N-dealkylation sites (N-methyl/N-ethyl adjacent to an activating group) is 1. The van der Waals surface area contributed by atoms with Gasteiger partial charge in [0.2, 0.25) is 5.91 Å². The molecule has 0 saturated heterocycles. The molecule has 0 radical (unpaired) electrons. The predicted octanol–water partition coefficient (Wildman–Crippen LogP) is 2.47. The van der Waals surface area contributed by atoms with Crippen LogP contribution >= 0.6 is 11.3 Å². The van der Waals surface area contributed by atoms with Crippen molar-refractivity contribution in [3.63, 3.8) is 0 Å². The number of unbranched alkanes of at least 4 members (excludes halogenated alkanes) is 1. The molecule has 0 aliphatic rings. The highest BCUT2D eigenvalue weighted by Gasteiger charge is 2.18. The van der Waals surface area contributed by atoms with Crippen LogP contribution < -0.4 is 11.2 Å². The fourth-order valence-corrected chi connectivity index (χ4v) is 3.64. The van der Waals surface area contributed by atoms with Crippen LogP contribution in [0.3, 0.4) is 0 Å². The molecule has 0 bridgehead atoms. The van der Waals surface area contributed by atoms with Gasteiger partial charge in [0.1, 0.15) is 11.2 Å². The Morgan fingerprint density at radius 1 is 1.15 bits per heavy atom. The molecule has 3 rings (SSSR count). The highest BCUT2D eigenvalue weighted by atomic mass is 32.1. The van der Waals surface area contributed by atoms with Crippen molar-refractivity contribution >= 4 is 27.5 Å². The number of hydrogen-bond acceptors (Lipinski definition) is 4. The van der Waals surface area contributed by atoms with E-state index in [1.807, 2.05) is 6.07 Å². The fraction of sp³-hybridized carbons (Fsp3) is 0.316. The monoisotopic (exact) mass is 371 g/mol. The van der Waals surface area contributed by atoms with E-state index in [0.717, 1.165) is 17.4 Å². The third-order valence-corrected chi connectivity index (χ3v) is 5.23. The van der Waals surface area contributed by atoms with Crippen LogP contribution in [0, 0.1) is 0 Å². The van der Waals surface area contributed by atoms with E-state index in [1.54, 1.807) is 47.7 Å². The minimum atomic E-state index is -0.496. The molecule has 0 aliphatic carbocycles. The van der Waals surface area contributed by atoms with Crippen LogP contribution in [0.4, 0.5) is 0 Å². The summed E-state index contributed by atoms with van der Waals surface area (Å²) in [5, 5.41) is 1.77. The Labute approximate surface area is 154 Å². The first kappa shape index (κ1) is 18.1. The number of hydrogen-bond donors (Lipinski definition) is 0. The van der Waals surface area contributed by atoms with Crippen molar-refractivity contribution in [3.05, 3.63) is 62.6 Å². The van der Waals surface area contributed by atoms with Gasteiger partial charge in [-0.2, -0.15) is 0 Å². The summed E-state index contributed by atoms with van der Waals surface area (Å²) in [5.74, 6) is -0.147. The number of carbonyl (C=O) groups is 1. The molecule has 2 heterocycles. The predicted molar refractivity (Wildman–Crippen MR) is 104 cm³/mol. The summed E-state index contributed by atoms with van der Waals surface area (Å²) in [7, 11) is 1.74. The van der Waals surface area contributed by atoms with E-state index in [2.05, 4.69) is 6.92 Å². The highest BCUT2D eigenvalue weighted by Crippen LogP contribution is 2.16. The molecular formula is C19H21N3O3S. The molecule has 2 aromatic heterocycles. The molecule has 0 fully saturated rings. The molecule has 0 spiro atoms. The minimum absolute atomic E-state index is 0.0839. The Morgan fingerprint density at radius 3 is 2.58 bits per heavy atom. The molecule has 136 valence electrons. The lowest BCUT2D eigenvalue weighted by molar-refractivity contribution is -0.130. The van der Waals surface area contributed by atoms with Crippen molar-refractivity contribution in [1.29, 1.82) is 0 Å². The van der Waals surface area contributed by atoms with E-state index in [1.165, 1.54) is 15.9 Å². The van der Waals surface area contributed by atoms with Gasteiger partial charge in [0.15, 0.2) is 0 Å². The lowest BCUT2D eigenvalue weighted by Crippen LogP contribution is -2.41. The highest BCUT2D eigenvalue weighted by molar-refractivity contribution is 7.17. The largest absolute Gasteiger partial charge is 0.344 e. The van der Waals surface area contributed by atoms with Crippen LogP contribution in [0.1, 0.15) is 19.8 Å². The van der Waals surface area contributed by atoms with E-state index in [4.69, 9.17) is 0 Å². The van der Waals surface area contributed by atoms with Gasteiger partial charge in [-0.25, -0.2) is 9.36 Å². The van der Waals surface area contributed by atoms with Gasteiger partial charge in [-0.05, 0) is 30.0 Å². The van der Waals surface area contributed by atoms with E-state index in [0.29, 0.717) is 22.4 Å². The van der Waals surface area contributed by atoms with Gasteiger partial charge in [0.05, 0.1) is 11.2 Å². The molecule has 26 heavy (non-hydrogen) atoms. The first-order valence-corrected chi connectivity index (χ1v) is 9.45. The number of rotatable bonds is 6. The number of aromatic nitrogens is 2. The molecule has 3 aromatic rings. The lowest BCUT2D eigenvalue weighted by atomic mass is 10.3. The zero-order valence-corrected chi connectivity index (χ0v) is 15.7. The standard InChI is InChI=1S/C19H21N3O3S/c1-3-4-11-20(2)16(23)13-21-15-10-12-26-17(15)18(24)22(19(21)25)14-8-6-5-7-9-14/h5-10,12H,3-4,11,13H2,1-2H3. The van der Waals surface area contributed by atoms with Gasteiger partial charge < -0.3 is 4.90 Å². The first-order valence-electron chi connectivity index (χ1n) is 8.57. The molecule has 0 atom stereocenters. The van der Waals surface area contributed by atoms with E-state index < -0.39 is 5.69 Å². The molecule has 6 nitrogen and oxygen atoms in total. The number of carbonyl (C=O) groups excluding carboxylic acids is 1. The molecular weight excluding hydrogens is 350 g/mol. The lowest BCUT2D eigenvalue weighted by Gasteiger charge is -2.18. The number of thiophene rings is 1. The van der Waals surface area contributed by atoms with Gasteiger partial charge in [0, 0.05) is 13.6 Å². The van der Waals surface area contributed by atoms with Crippen molar-refractivity contribution in [1.82, 2.24) is 14.0 Å². The Kier molecular flexibility index (Phi) is 5.37. The molecule has 1 amide bonds. The van der Waals surface area contributed by atoms with Crippen LogP contribution in [-0.4, -0.2) is 33.5 Å². The van der Waals surface area contributed by atoms with Crippen LogP contribution in [0.5, 0.6) is 0 Å². The average molecular weight is 371 g/mol. The van der Waals surface area contributed by atoms with Gasteiger partial charge in [-0.1, -0.05) is 31.5 Å². The summed E-state index contributed by atoms with van der Waals surface area (Å²) >= 11 is 1.28. The maximum absolute atomic E-state index is 13.0. The van der Waals surface area contributed by atoms with E-state index >= 15 is 0 Å². The Bertz CT molecular complexity index is 1030. The summed E-state index contributed by atoms with van der Waals surface area (Å²) < 4.78 is 3.00. The smallest absolute Gasteiger partial charge is 0.336 e. The minimum Gasteiger partial charge on any atom is -0.344 e. The molecule has 1 aromatic carbocycles. The zero-order valence-electron chi connectivity index (χ0n) is 14.8. The molecule has 0 aliphatic heterocycles. The normalized spacial score (nSPS) is 11.0. The van der Waals surface area contributed by atoms with Crippen molar-refractivity contribution in [3.8, 4) is 5.69 Å². The third-order valence-electron chi connectivity index (χ3n) is 4.34. The second-order valence-electron chi connectivity index (χ2n) is 6.15. The average Bonchev–Trinajstić information content (AvgIpc) is 3.14. The SMILES string of the molecule is CCCCN(C)C(=O)Cn1c(=O)n(-c2ccccc2)c(=O)c2sccc21. The number of fused-ring (bicyclic) bond motifs is 1. The summed E-state index contributed by atoms with van der Waals surface area (Å²) in [6.07, 6.45) is 1.90. The van der Waals surface area contributed by atoms with Crippen molar-refractivity contribution in [2.24, 2.45) is 0 Å². The molecule has 7 heteroatoms. The molecule has 0 saturated carbocycles. The second-order valence-corrected chi connectivity index (χ2v) is 7.06. The van der Waals surface area contributed by atoms with Crippen LogP contribution in [-0.2, 0) is 11.3 Å². The van der Waals surface area contributed by atoms with Gasteiger partial charge in [-0.15, -0.1) is 11.3 Å². The zero-order chi connectivity index (χ0) is 18.7. The maximum Gasteiger partial charge on any atom is 0.336 e. The number of benzene rings is 1. The third kappa shape index (κ3) is 3.35. The summed E-state index contributed by atoms with van der Waals surface area (Å²) in [5.41, 5.74) is 0.159. The summed E-state index contributed by atoms with van der Waals surface area (Å²) in [6.45, 7) is 2.63. The van der Waals surface area contributed by atoms with Gasteiger partial charge in [-0.3, -0.25) is 14.2 Å². The van der Waals surface area contributed by atoms with Crippen LogP contribution in [0.2, 0.25) is 0 Å². The van der Waals surface area contributed by atoms with Crippen molar-refractivity contribution < 1.29 is 4.79 Å².